The summed E-state index contributed by atoms with van der Waals surface area (Å²) in [5.74, 6) is -0.865. The second-order valence-corrected chi connectivity index (χ2v) is 5.02. The lowest BCUT2D eigenvalue weighted by atomic mass is 10.2. The van der Waals surface area contributed by atoms with Crippen LogP contribution >= 0.6 is 0 Å². The molecular weight excluding hydrogens is 320 g/mol. The molecule has 1 aromatic carbocycles. The predicted molar refractivity (Wildman–Crippen MR) is 92.8 cm³/mol. The number of nitrogen functional groups attached to an aromatic ring is 1. The maximum atomic E-state index is 12.1. The first-order valence-electron chi connectivity index (χ1n) is 7.30. The molecule has 0 bridgehead atoms. The van der Waals surface area contributed by atoms with Crippen molar-refractivity contribution in [1.82, 2.24) is 20.4 Å². The van der Waals surface area contributed by atoms with E-state index in [0.717, 1.165) is 5.56 Å². The summed E-state index contributed by atoms with van der Waals surface area (Å²) < 4.78 is 0. The molecule has 0 fully saturated rings. The topological polar surface area (TPSA) is 126 Å². The van der Waals surface area contributed by atoms with Gasteiger partial charge in [-0.25, -0.2) is 10.4 Å². The Morgan fingerprint density at radius 3 is 2.80 bits per heavy atom. The van der Waals surface area contributed by atoms with Crippen molar-refractivity contribution in [2.24, 2.45) is 5.10 Å². The lowest BCUT2D eigenvalue weighted by Gasteiger charge is -2.04. The number of carbonyl (C=O) groups excluding carboxylic acids is 1. The van der Waals surface area contributed by atoms with E-state index in [2.05, 4.69) is 25.5 Å². The summed E-state index contributed by atoms with van der Waals surface area (Å²) in [6.07, 6.45) is 4.24. The number of nitrogens with zero attached hydrogens (tertiary/aromatic N) is 4. The number of pyridine rings is 1. The molecule has 0 atom stereocenters. The average Bonchev–Trinajstić information content (AvgIpc) is 2.62. The van der Waals surface area contributed by atoms with Crippen LogP contribution in [-0.2, 0) is 0 Å². The molecule has 0 spiro atoms. The Morgan fingerprint density at radius 1 is 1.20 bits per heavy atom. The Labute approximate surface area is 143 Å². The van der Waals surface area contributed by atoms with Gasteiger partial charge in [0.1, 0.15) is 11.3 Å². The Hall–Kier alpha value is -3.81. The van der Waals surface area contributed by atoms with Crippen LogP contribution in [0.5, 0.6) is 5.88 Å². The summed E-state index contributed by atoms with van der Waals surface area (Å²) in [4.78, 5) is 24.1. The van der Waals surface area contributed by atoms with Crippen molar-refractivity contribution in [3.63, 3.8) is 0 Å². The number of aromatic hydroxyl groups is 1. The van der Waals surface area contributed by atoms with Crippen LogP contribution in [0, 0.1) is 0 Å². The molecule has 2 aromatic heterocycles. The van der Waals surface area contributed by atoms with Crippen LogP contribution < -0.4 is 11.2 Å². The van der Waals surface area contributed by atoms with E-state index in [1.807, 2.05) is 0 Å². The van der Waals surface area contributed by atoms with Gasteiger partial charge in [0.2, 0.25) is 5.88 Å². The molecule has 3 rings (SSSR count). The van der Waals surface area contributed by atoms with Crippen molar-refractivity contribution in [3.8, 4) is 17.4 Å². The number of hydrogen-bond donors (Lipinski definition) is 3. The van der Waals surface area contributed by atoms with E-state index in [4.69, 9.17) is 5.73 Å². The third-order valence-corrected chi connectivity index (χ3v) is 3.20. The van der Waals surface area contributed by atoms with Crippen LogP contribution in [-0.4, -0.2) is 32.2 Å². The molecule has 0 aliphatic heterocycles. The molecular formula is C17H14N6O2. The number of nitrogens with one attached hydrogen (secondary N) is 1. The summed E-state index contributed by atoms with van der Waals surface area (Å²) in [6, 6.07) is 12.2. The average molecular weight is 334 g/mol. The number of hydrazone groups is 1. The Morgan fingerprint density at radius 2 is 2.08 bits per heavy atom. The first kappa shape index (κ1) is 16.1. The second-order valence-electron chi connectivity index (χ2n) is 5.02. The Kier molecular flexibility index (Phi) is 4.61. The highest BCUT2D eigenvalue weighted by Crippen LogP contribution is 2.18. The number of benzene rings is 1. The van der Waals surface area contributed by atoms with E-state index >= 15 is 0 Å². The number of amides is 1. The fourth-order valence-electron chi connectivity index (χ4n) is 2.02. The van der Waals surface area contributed by atoms with Crippen molar-refractivity contribution in [3.05, 3.63) is 66.0 Å². The monoisotopic (exact) mass is 334 g/mol. The molecule has 8 nitrogen and oxygen atoms in total. The largest absolute Gasteiger partial charge is 0.493 e. The van der Waals surface area contributed by atoms with Gasteiger partial charge in [0.25, 0.3) is 5.91 Å². The fraction of sp³-hybridized carbons (Fsp3) is 0. The van der Waals surface area contributed by atoms with Crippen LogP contribution in [0.25, 0.3) is 11.5 Å². The van der Waals surface area contributed by atoms with Crippen LogP contribution in [0.15, 0.2) is 60.0 Å². The molecule has 0 unspecified atom stereocenters. The number of rotatable bonds is 4. The summed E-state index contributed by atoms with van der Waals surface area (Å²) in [5.41, 5.74) is 9.67. The Balaban J connectivity index is 1.72. The normalized spacial score (nSPS) is 10.7. The standard InChI is InChI=1S/C17H14N6O2/c18-12-5-3-4-11(8-12)9-21-23-17(25)13-10-20-15(22-16(13)24)14-6-1-2-7-19-14/h1-10H,18H2,(H,23,25)(H,20,22,24)/b21-9+. The van der Waals surface area contributed by atoms with Gasteiger partial charge in [0, 0.05) is 18.1 Å². The molecule has 0 aliphatic carbocycles. The van der Waals surface area contributed by atoms with Crippen molar-refractivity contribution in [1.29, 1.82) is 0 Å². The summed E-state index contributed by atoms with van der Waals surface area (Å²) in [6.45, 7) is 0. The van der Waals surface area contributed by atoms with E-state index in [9.17, 15) is 9.90 Å². The van der Waals surface area contributed by atoms with Gasteiger partial charge in [-0.05, 0) is 29.8 Å². The molecule has 0 aliphatic rings. The first-order chi connectivity index (χ1) is 12.1. The van der Waals surface area contributed by atoms with Crippen molar-refractivity contribution >= 4 is 17.8 Å². The molecule has 25 heavy (non-hydrogen) atoms. The van der Waals surface area contributed by atoms with E-state index in [1.165, 1.54) is 12.4 Å². The van der Waals surface area contributed by atoms with Gasteiger partial charge in [0.15, 0.2) is 5.82 Å². The van der Waals surface area contributed by atoms with Gasteiger partial charge < -0.3 is 10.8 Å². The summed E-state index contributed by atoms with van der Waals surface area (Å²) in [7, 11) is 0. The minimum atomic E-state index is -0.634. The van der Waals surface area contributed by atoms with Crippen molar-refractivity contribution in [2.45, 2.75) is 0 Å². The van der Waals surface area contributed by atoms with Crippen molar-refractivity contribution < 1.29 is 9.90 Å². The fourth-order valence-corrected chi connectivity index (χ4v) is 2.02. The molecule has 0 radical (unpaired) electrons. The lowest BCUT2D eigenvalue weighted by molar-refractivity contribution is 0.0951. The SMILES string of the molecule is Nc1cccc(/C=N/NC(=O)c2cnc(-c3ccccn3)nc2O)c1. The summed E-state index contributed by atoms with van der Waals surface area (Å²) >= 11 is 0. The van der Waals surface area contributed by atoms with Gasteiger partial charge in [-0.3, -0.25) is 9.78 Å². The first-order valence-corrected chi connectivity index (χ1v) is 7.30. The van der Waals surface area contributed by atoms with Crippen molar-refractivity contribution in [2.75, 3.05) is 5.73 Å². The number of aromatic nitrogens is 3. The number of carbonyl (C=O) groups is 1. The van der Waals surface area contributed by atoms with E-state index < -0.39 is 11.8 Å². The minimum absolute atomic E-state index is 0.0931. The van der Waals surface area contributed by atoms with Gasteiger partial charge in [-0.2, -0.15) is 10.1 Å². The highest BCUT2D eigenvalue weighted by Gasteiger charge is 2.14. The molecule has 8 heteroatoms. The number of hydrogen-bond acceptors (Lipinski definition) is 7. The predicted octanol–water partition coefficient (Wildman–Crippen LogP) is 1.59. The molecule has 3 aromatic rings. The number of nitrogens with two attached hydrogens (primary N) is 1. The zero-order valence-electron chi connectivity index (χ0n) is 13.0. The molecule has 1 amide bonds. The van der Waals surface area contributed by atoms with Crippen LogP contribution in [0.2, 0.25) is 0 Å². The van der Waals surface area contributed by atoms with Gasteiger partial charge in [-0.15, -0.1) is 0 Å². The van der Waals surface area contributed by atoms with E-state index in [0.29, 0.717) is 11.4 Å². The molecule has 0 saturated carbocycles. The molecule has 4 N–H and O–H groups in total. The molecule has 0 saturated heterocycles. The highest BCUT2D eigenvalue weighted by molar-refractivity contribution is 5.96. The van der Waals surface area contributed by atoms with Gasteiger partial charge in [0.05, 0.1) is 6.21 Å². The lowest BCUT2D eigenvalue weighted by Crippen LogP contribution is -2.18. The van der Waals surface area contributed by atoms with Gasteiger partial charge in [-0.1, -0.05) is 18.2 Å². The quantitative estimate of drug-likeness (QED) is 0.378. The molecule has 124 valence electrons. The van der Waals surface area contributed by atoms with Crippen LogP contribution in [0.4, 0.5) is 5.69 Å². The molecule has 2 heterocycles. The third kappa shape index (κ3) is 3.94. The van der Waals surface area contributed by atoms with Crippen LogP contribution in [0.1, 0.15) is 15.9 Å². The van der Waals surface area contributed by atoms with Gasteiger partial charge >= 0.3 is 0 Å². The van der Waals surface area contributed by atoms with E-state index in [-0.39, 0.29) is 11.4 Å². The smallest absolute Gasteiger partial charge is 0.278 e. The second kappa shape index (κ2) is 7.18. The third-order valence-electron chi connectivity index (χ3n) is 3.20. The maximum Gasteiger partial charge on any atom is 0.278 e. The zero-order chi connectivity index (χ0) is 17.6. The van der Waals surface area contributed by atoms with Crippen LogP contribution in [0.3, 0.4) is 0 Å². The number of anilines is 1. The summed E-state index contributed by atoms with van der Waals surface area (Å²) in [5, 5.41) is 13.8. The Bertz CT molecular complexity index is 927. The zero-order valence-corrected chi connectivity index (χ0v) is 13.0. The highest BCUT2D eigenvalue weighted by atomic mass is 16.3. The maximum absolute atomic E-state index is 12.1. The van der Waals surface area contributed by atoms with E-state index in [1.54, 1.807) is 48.7 Å². The minimum Gasteiger partial charge on any atom is -0.493 e.